The zero-order valence-electron chi connectivity index (χ0n) is 13.0. The monoisotopic (exact) mass is 259 g/mol. The summed E-state index contributed by atoms with van der Waals surface area (Å²) in [6.07, 6.45) is 6.25. The van der Waals surface area contributed by atoms with E-state index >= 15 is 0 Å². The van der Waals surface area contributed by atoms with Crippen LogP contribution in [0.4, 0.5) is 0 Å². The average molecular weight is 259 g/mol. The summed E-state index contributed by atoms with van der Waals surface area (Å²) in [5.41, 5.74) is 11.2. The number of hydrogen-bond acceptors (Lipinski definition) is 1. The molecule has 0 heterocycles. The van der Waals surface area contributed by atoms with Crippen LogP contribution in [0.1, 0.15) is 69.7 Å². The van der Waals surface area contributed by atoms with Gasteiger partial charge in [-0.15, -0.1) is 0 Å². The molecule has 0 saturated heterocycles. The molecule has 0 saturated carbocycles. The van der Waals surface area contributed by atoms with Crippen LogP contribution >= 0.6 is 0 Å². The average Bonchev–Trinajstić information content (AvgIpc) is 2.37. The third-order valence-electron chi connectivity index (χ3n) is 4.89. The summed E-state index contributed by atoms with van der Waals surface area (Å²) in [4.78, 5) is 0. The number of benzene rings is 1. The maximum Gasteiger partial charge on any atom is 0.0297 e. The number of nitrogens with two attached hydrogens (primary N) is 1. The summed E-state index contributed by atoms with van der Waals surface area (Å²) in [7, 11) is 0. The van der Waals surface area contributed by atoms with Crippen LogP contribution in [0.5, 0.6) is 0 Å². The van der Waals surface area contributed by atoms with Gasteiger partial charge in [-0.2, -0.15) is 0 Å². The van der Waals surface area contributed by atoms with Gasteiger partial charge in [0.2, 0.25) is 0 Å². The Bertz CT molecular complexity index is 428. The van der Waals surface area contributed by atoms with E-state index in [1.54, 1.807) is 11.1 Å². The minimum Gasteiger partial charge on any atom is -0.324 e. The van der Waals surface area contributed by atoms with Crippen molar-refractivity contribution < 1.29 is 0 Å². The predicted molar refractivity (Wildman–Crippen MR) is 83.2 cm³/mol. The van der Waals surface area contributed by atoms with Gasteiger partial charge in [-0.3, -0.25) is 0 Å². The van der Waals surface area contributed by atoms with E-state index < -0.39 is 0 Å². The highest BCUT2D eigenvalue weighted by Crippen LogP contribution is 2.33. The van der Waals surface area contributed by atoms with Gasteiger partial charge in [0.25, 0.3) is 0 Å². The summed E-state index contributed by atoms with van der Waals surface area (Å²) in [5.74, 6) is 0.638. The lowest BCUT2D eigenvalue weighted by atomic mass is 9.77. The minimum atomic E-state index is 0.182. The van der Waals surface area contributed by atoms with Crippen LogP contribution in [0.2, 0.25) is 0 Å². The maximum absolute atomic E-state index is 6.43. The van der Waals surface area contributed by atoms with Gasteiger partial charge in [0, 0.05) is 6.04 Å². The van der Waals surface area contributed by atoms with E-state index in [1.165, 1.54) is 31.2 Å². The van der Waals surface area contributed by atoms with Crippen molar-refractivity contribution in [3.63, 3.8) is 0 Å². The Balaban J connectivity index is 2.09. The second-order valence-electron chi connectivity index (χ2n) is 7.34. The molecule has 1 heteroatoms. The number of fused-ring (bicyclic) bond motifs is 1. The molecule has 0 bridgehead atoms. The first-order chi connectivity index (χ1) is 8.88. The molecule has 0 amide bonds. The molecule has 0 spiro atoms. The molecule has 2 N–H and O–H groups in total. The summed E-state index contributed by atoms with van der Waals surface area (Å²) in [6, 6.07) is 7.12. The first-order valence-corrected chi connectivity index (χ1v) is 7.75. The summed E-state index contributed by atoms with van der Waals surface area (Å²) < 4.78 is 0. The Morgan fingerprint density at radius 1 is 1.11 bits per heavy atom. The zero-order valence-corrected chi connectivity index (χ0v) is 13.0. The fourth-order valence-electron chi connectivity index (χ4n) is 2.85. The predicted octanol–water partition coefficient (Wildman–Crippen LogP) is 4.64. The van der Waals surface area contributed by atoms with Crippen molar-refractivity contribution in [3.8, 4) is 0 Å². The normalized spacial score (nSPS) is 18.8. The third-order valence-corrected chi connectivity index (χ3v) is 4.89. The molecule has 19 heavy (non-hydrogen) atoms. The van der Waals surface area contributed by atoms with E-state index in [0.717, 1.165) is 6.42 Å². The van der Waals surface area contributed by atoms with E-state index in [0.29, 0.717) is 11.3 Å². The number of hydrogen-bond donors (Lipinski definition) is 1. The van der Waals surface area contributed by atoms with Gasteiger partial charge in [0.05, 0.1) is 0 Å². The van der Waals surface area contributed by atoms with E-state index in [4.69, 9.17) is 5.73 Å². The zero-order chi connectivity index (χ0) is 14.0. The number of rotatable bonds is 3. The molecule has 0 aromatic heterocycles. The van der Waals surface area contributed by atoms with Gasteiger partial charge in [-0.1, -0.05) is 45.9 Å². The molecule has 2 rings (SSSR count). The molecule has 1 aromatic carbocycles. The van der Waals surface area contributed by atoms with E-state index in [1.807, 2.05) is 0 Å². The van der Waals surface area contributed by atoms with Gasteiger partial charge < -0.3 is 5.73 Å². The Hall–Kier alpha value is -0.820. The molecular formula is C18H29N. The van der Waals surface area contributed by atoms with Gasteiger partial charge in [0.15, 0.2) is 0 Å². The van der Waals surface area contributed by atoms with Crippen molar-refractivity contribution in [2.45, 2.75) is 65.8 Å². The lowest BCUT2D eigenvalue weighted by Gasteiger charge is -2.30. The summed E-state index contributed by atoms with van der Waals surface area (Å²) in [5, 5.41) is 0. The molecular weight excluding hydrogens is 230 g/mol. The van der Waals surface area contributed by atoms with Crippen molar-refractivity contribution in [2.24, 2.45) is 17.1 Å². The van der Waals surface area contributed by atoms with Crippen molar-refractivity contribution in [1.29, 1.82) is 0 Å². The molecule has 1 aromatic rings. The summed E-state index contributed by atoms with van der Waals surface area (Å²) >= 11 is 0. The molecule has 106 valence electrons. The van der Waals surface area contributed by atoms with Crippen LogP contribution in [0, 0.1) is 11.3 Å². The van der Waals surface area contributed by atoms with Crippen LogP contribution in [-0.4, -0.2) is 0 Å². The van der Waals surface area contributed by atoms with Crippen molar-refractivity contribution in [2.75, 3.05) is 0 Å². The fourth-order valence-corrected chi connectivity index (χ4v) is 2.85. The topological polar surface area (TPSA) is 26.0 Å². The SMILES string of the molecule is CC(CC(N)c1ccc2c(c1)CCCC2)C(C)(C)C. The molecule has 0 radical (unpaired) electrons. The van der Waals surface area contributed by atoms with Crippen LogP contribution in [0.15, 0.2) is 18.2 Å². The van der Waals surface area contributed by atoms with Gasteiger partial charge in [0.1, 0.15) is 0 Å². The van der Waals surface area contributed by atoms with E-state index in [9.17, 15) is 0 Å². The molecule has 2 atom stereocenters. The molecule has 2 unspecified atom stereocenters. The highest BCUT2D eigenvalue weighted by molar-refractivity contribution is 5.35. The quantitative estimate of drug-likeness (QED) is 0.841. The maximum atomic E-state index is 6.43. The molecule has 1 aliphatic rings. The van der Waals surface area contributed by atoms with Crippen LogP contribution in [0.25, 0.3) is 0 Å². The van der Waals surface area contributed by atoms with Crippen LogP contribution < -0.4 is 5.73 Å². The second kappa shape index (κ2) is 5.66. The largest absolute Gasteiger partial charge is 0.324 e. The molecule has 0 fully saturated rings. The van der Waals surface area contributed by atoms with Gasteiger partial charge in [-0.05, 0) is 60.1 Å². The number of aryl methyl sites for hydroxylation is 2. The van der Waals surface area contributed by atoms with Gasteiger partial charge in [-0.25, -0.2) is 0 Å². The molecule has 1 aliphatic carbocycles. The highest BCUT2D eigenvalue weighted by Gasteiger charge is 2.23. The summed E-state index contributed by atoms with van der Waals surface area (Å²) in [6.45, 7) is 9.23. The lowest BCUT2D eigenvalue weighted by Crippen LogP contribution is -2.23. The van der Waals surface area contributed by atoms with Crippen molar-refractivity contribution in [3.05, 3.63) is 34.9 Å². The standard InChI is InChI=1S/C18H29N/c1-13(18(2,3)4)11-17(19)16-10-9-14-7-5-6-8-15(14)12-16/h9-10,12-13,17H,5-8,11,19H2,1-4H3. The highest BCUT2D eigenvalue weighted by atomic mass is 14.6. The van der Waals surface area contributed by atoms with Crippen molar-refractivity contribution >= 4 is 0 Å². The Labute approximate surface area is 118 Å². The van der Waals surface area contributed by atoms with Crippen LogP contribution in [0.3, 0.4) is 0 Å². The third kappa shape index (κ3) is 3.60. The molecule has 1 nitrogen and oxygen atoms in total. The Kier molecular flexibility index (Phi) is 4.35. The Morgan fingerprint density at radius 2 is 1.74 bits per heavy atom. The molecule has 0 aliphatic heterocycles. The van der Waals surface area contributed by atoms with Gasteiger partial charge >= 0.3 is 0 Å². The first-order valence-electron chi connectivity index (χ1n) is 7.75. The van der Waals surface area contributed by atoms with E-state index in [2.05, 4.69) is 45.9 Å². The Morgan fingerprint density at radius 3 is 2.37 bits per heavy atom. The van der Waals surface area contributed by atoms with Crippen molar-refractivity contribution in [1.82, 2.24) is 0 Å². The second-order valence-corrected chi connectivity index (χ2v) is 7.34. The smallest absolute Gasteiger partial charge is 0.0297 e. The lowest BCUT2D eigenvalue weighted by molar-refractivity contribution is 0.234. The van der Waals surface area contributed by atoms with E-state index in [-0.39, 0.29) is 6.04 Å². The minimum absolute atomic E-state index is 0.182. The first kappa shape index (κ1) is 14.6. The fraction of sp³-hybridized carbons (Fsp3) is 0.667. The van der Waals surface area contributed by atoms with Crippen LogP contribution in [-0.2, 0) is 12.8 Å².